The van der Waals surface area contributed by atoms with Crippen molar-refractivity contribution in [2.45, 2.75) is 37.8 Å². The van der Waals surface area contributed by atoms with Gasteiger partial charge in [-0.1, -0.05) is 11.8 Å². The molecule has 7 nitrogen and oxygen atoms in total. The summed E-state index contributed by atoms with van der Waals surface area (Å²) >= 11 is 0. The van der Waals surface area contributed by atoms with Crippen LogP contribution in [0.25, 0.3) is 0 Å². The minimum absolute atomic E-state index is 0. The first-order chi connectivity index (χ1) is 11.8. The summed E-state index contributed by atoms with van der Waals surface area (Å²) in [7, 11) is 0. The molecule has 0 bridgehead atoms. The van der Waals surface area contributed by atoms with Crippen molar-refractivity contribution in [3.05, 3.63) is 0 Å². The van der Waals surface area contributed by atoms with Crippen molar-refractivity contribution in [3.8, 4) is 59.2 Å². The van der Waals surface area contributed by atoms with E-state index in [0.29, 0.717) is 0 Å². The van der Waals surface area contributed by atoms with Gasteiger partial charge < -0.3 is 25.5 Å². The van der Waals surface area contributed by atoms with Gasteiger partial charge in [-0.15, -0.1) is 0 Å². The van der Waals surface area contributed by atoms with Gasteiger partial charge in [0, 0.05) is 12.8 Å². The predicted octanol–water partition coefficient (Wildman–Crippen LogP) is -0.275. The number of hydrogen-bond donors (Lipinski definition) is 5. The second kappa shape index (κ2) is 12.2. The zero-order chi connectivity index (χ0) is 19.2. The van der Waals surface area contributed by atoms with Crippen LogP contribution >= 0.6 is 0 Å². The summed E-state index contributed by atoms with van der Waals surface area (Å²) in [6, 6.07) is 0. The molecule has 0 radical (unpaired) electrons. The number of aliphatic hydroxyl groups is 4. The van der Waals surface area contributed by atoms with Crippen molar-refractivity contribution < 1.29 is 48.0 Å². The molecular formula is C18H32O7. The number of carboxylic acid groups (broad SMARTS) is 1. The maximum Gasteiger partial charge on any atom is 0.335 e. The summed E-state index contributed by atoms with van der Waals surface area (Å²) in [5, 5.41) is 45.9. The highest BCUT2D eigenvalue weighted by Crippen LogP contribution is 2.07. The van der Waals surface area contributed by atoms with Crippen LogP contribution in [-0.4, -0.2) is 61.7 Å². The lowest BCUT2D eigenvalue weighted by molar-refractivity contribution is -0.165. The number of Topliss-reactive ketones (excluding diaryl/α,β-unsaturated/α-hetero) is 1. The van der Waals surface area contributed by atoms with E-state index in [9.17, 15) is 24.9 Å². The van der Waals surface area contributed by atoms with Crippen molar-refractivity contribution >= 4 is 11.8 Å². The maximum absolute atomic E-state index is 11.6. The first kappa shape index (κ1) is 21.8. The largest absolute Gasteiger partial charge is 0.479 e. The Morgan fingerprint density at radius 3 is 1.72 bits per heavy atom. The highest BCUT2D eigenvalue weighted by atomic mass is 16.4. The van der Waals surface area contributed by atoms with Crippen molar-refractivity contribution in [2.24, 2.45) is 0 Å². The van der Waals surface area contributed by atoms with Gasteiger partial charge in [-0.3, -0.25) is 4.79 Å². The second-order valence-electron chi connectivity index (χ2n) is 4.28. The quantitative estimate of drug-likeness (QED) is 0.411. The lowest BCUT2D eigenvalue weighted by atomic mass is 9.99. The monoisotopic (exact) mass is 360 g/mol. The van der Waals surface area contributed by atoms with E-state index in [1.54, 1.807) is 6.92 Å². The molecule has 0 aromatic carbocycles. The van der Waals surface area contributed by atoms with Crippen LogP contribution in [-0.2, 0) is 9.59 Å². The van der Waals surface area contributed by atoms with E-state index in [-0.39, 0.29) is 12.8 Å². The number of carbonyl (C=O) groups excluding carboxylic acids is 1. The van der Waals surface area contributed by atoms with Gasteiger partial charge in [0.15, 0.2) is 11.9 Å². The summed E-state index contributed by atoms with van der Waals surface area (Å²) in [5.41, 5.74) is 0. The van der Waals surface area contributed by atoms with Gasteiger partial charge in [0.1, 0.15) is 18.3 Å². The molecule has 7 heteroatoms. The Balaban J connectivity index is -0.0000000800. The second-order valence-corrected chi connectivity index (χ2v) is 4.28. The molecule has 4 atom stereocenters. The molecule has 0 heterocycles. The van der Waals surface area contributed by atoms with E-state index in [4.69, 9.17) is 10.2 Å². The molecule has 146 valence electrons. The van der Waals surface area contributed by atoms with Gasteiger partial charge in [-0.05, 0) is 54.3 Å². The number of rotatable bonds is 6. The average molecular weight is 360 g/mol. The van der Waals surface area contributed by atoms with E-state index < -0.39 is 42.6 Å². The first-order valence-electron chi connectivity index (χ1n) is 6.70. The minimum Gasteiger partial charge on any atom is -0.479 e. The van der Waals surface area contributed by atoms with Gasteiger partial charge in [0.2, 0.25) is 0 Å². The zero-order valence-electron chi connectivity index (χ0n) is 13.1. The Kier molecular flexibility index (Phi) is 10.7. The zero-order valence-corrected chi connectivity index (χ0v) is 13.1. The van der Waals surface area contributed by atoms with Crippen LogP contribution in [0.2, 0.25) is 0 Å². The third kappa shape index (κ3) is 8.85. The van der Waals surface area contributed by atoms with E-state index >= 15 is 0 Å². The highest BCUT2D eigenvalue weighted by Gasteiger charge is 2.36. The molecule has 0 aliphatic heterocycles. The van der Waals surface area contributed by atoms with Crippen LogP contribution in [0.5, 0.6) is 0 Å². The average Bonchev–Trinajstić information content (AvgIpc) is 2.60. The molecule has 25 heavy (non-hydrogen) atoms. The molecule has 0 aromatic heterocycles. The van der Waals surface area contributed by atoms with E-state index in [1.165, 1.54) is 0 Å². The molecule has 0 amide bonds. The van der Waals surface area contributed by atoms with Gasteiger partial charge in [0.05, 0.1) is 6.42 Å². The fraction of sp³-hybridized carbons (Fsp3) is 0.333. The Morgan fingerprint density at radius 2 is 1.24 bits per heavy atom. The van der Waals surface area contributed by atoms with Crippen LogP contribution in [0.1, 0.15) is 26.2 Å². The number of carbonyl (C=O) groups is 2. The topological polar surface area (TPSA) is 135 Å². The molecule has 0 aliphatic carbocycles. The third-order valence-electron chi connectivity index (χ3n) is 2.49. The fourth-order valence-electron chi connectivity index (χ4n) is 1.24. The number of hydrogen-bond acceptors (Lipinski definition) is 6. The van der Waals surface area contributed by atoms with Crippen LogP contribution in [0, 0.1) is 59.2 Å². The third-order valence-corrected chi connectivity index (χ3v) is 2.49. The lowest BCUT2D eigenvalue weighted by Gasteiger charge is -2.23. The Labute approximate surface area is 158 Å². The molecule has 0 aromatic rings. The van der Waals surface area contributed by atoms with E-state index in [0.717, 1.165) is 0 Å². The maximum atomic E-state index is 11.6. The molecule has 5 N–H and O–H groups in total. The Bertz CT molecular complexity index is 829. The standard InChI is InChI=1S/C18H14O7.9H2/c1-2-3-4-5-6-7-8-9-10-11-12-13(19)14(20)15(21)16(22)17(23)18(24)25;;;;;;;;;/h14-17,20-23H,12H2,1H3,(H,24,25);9*1H/t14-,15+,16-,17-;;;;;;;;;/m1........./s1. The molecule has 0 unspecified atom stereocenters. The molecule has 0 spiro atoms. The fourth-order valence-corrected chi connectivity index (χ4v) is 1.24. The van der Waals surface area contributed by atoms with E-state index in [2.05, 4.69) is 59.2 Å². The van der Waals surface area contributed by atoms with Gasteiger partial charge in [-0.2, -0.15) is 0 Å². The SMILES string of the molecule is CC#CC#CC#CC#CC#CCC(=O)[C@@H](O)[C@H](O)[C@@H](O)[C@@H](O)C(=O)O.[HH].[HH].[HH].[HH].[HH].[HH].[HH].[HH].[HH]. The van der Waals surface area contributed by atoms with Crippen molar-refractivity contribution in [1.82, 2.24) is 0 Å². The van der Waals surface area contributed by atoms with Crippen molar-refractivity contribution in [3.63, 3.8) is 0 Å². The van der Waals surface area contributed by atoms with E-state index in [1.807, 2.05) is 0 Å². The molecule has 0 rings (SSSR count). The molecular weight excluding hydrogens is 328 g/mol. The van der Waals surface area contributed by atoms with Crippen molar-refractivity contribution in [2.75, 3.05) is 0 Å². The van der Waals surface area contributed by atoms with Crippen LogP contribution in [0.15, 0.2) is 0 Å². The van der Waals surface area contributed by atoms with Crippen molar-refractivity contribution in [1.29, 1.82) is 0 Å². The molecule has 0 saturated heterocycles. The summed E-state index contributed by atoms with van der Waals surface area (Å²) in [4.78, 5) is 22.0. The van der Waals surface area contributed by atoms with Crippen LogP contribution in [0.3, 0.4) is 0 Å². The van der Waals surface area contributed by atoms with Gasteiger partial charge in [-0.25, -0.2) is 4.79 Å². The number of aliphatic hydroxyl groups excluding tert-OH is 4. The molecule has 0 fully saturated rings. The Morgan fingerprint density at radius 1 is 0.800 bits per heavy atom. The minimum atomic E-state index is -2.35. The highest BCUT2D eigenvalue weighted by molar-refractivity contribution is 5.86. The number of aliphatic carboxylic acids is 1. The van der Waals surface area contributed by atoms with Crippen LogP contribution < -0.4 is 0 Å². The molecule has 0 aliphatic rings. The smallest absolute Gasteiger partial charge is 0.335 e. The van der Waals surface area contributed by atoms with Crippen LogP contribution in [0.4, 0.5) is 0 Å². The Hall–Kier alpha value is -3.22. The summed E-state index contributed by atoms with van der Waals surface area (Å²) in [6.45, 7) is 1.63. The van der Waals surface area contributed by atoms with Gasteiger partial charge >= 0.3 is 5.97 Å². The van der Waals surface area contributed by atoms with Gasteiger partial charge in [0.25, 0.3) is 0 Å². The normalized spacial score (nSPS) is 13.0. The molecule has 0 saturated carbocycles. The predicted molar refractivity (Wildman–Crippen MR) is 105 cm³/mol. The summed E-state index contributed by atoms with van der Waals surface area (Å²) in [5.74, 6) is 21.1. The lowest BCUT2D eigenvalue weighted by Crippen LogP contribution is -2.49. The first-order valence-corrected chi connectivity index (χ1v) is 6.70. The number of carboxylic acids is 1. The summed E-state index contributed by atoms with van der Waals surface area (Å²) in [6.07, 6.45) is -9.39. The summed E-state index contributed by atoms with van der Waals surface area (Å²) < 4.78 is 0. The number of ketones is 1.